The number of nitro groups is 1. The van der Waals surface area contributed by atoms with E-state index in [1.165, 1.54) is 17.4 Å². The van der Waals surface area contributed by atoms with Crippen molar-refractivity contribution in [2.45, 2.75) is 32.6 Å². The van der Waals surface area contributed by atoms with Crippen LogP contribution in [0.2, 0.25) is 5.02 Å². The number of anilines is 1. The predicted octanol–water partition coefficient (Wildman–Crippen LogP) is 4.71. The SMILES string of the molecule is Cc1nc(C2CC2)nc2sc(C(=O)N3CCN(c4ccc(Cl)cc4[N+](=O)[O-])CC3)c(C)c12. The van der Waals surface area contributed by atoms with Crippen LogP contribution >= 0.6 is 22.9 Å². The Hall–Kier alpha value is -2.78. The largest absolute Gasteiger partial charge is 0.362 e. The third-order valence-electron chi connectivity index (χ3n) is 6.17. The first kappa shape index (κ1) is 21.1. The molecule has 0 N–H and O–H groups in total. The zero-order valence-corrected chi connectivity index (χ0v) is 19.4. The van der Waals surface area contributed by atoms with E-state index >= 15 is 0 Å². The molecule has 1 aromatic carbocycles. The molecule has 3 aromatic rings. The molecule has 3 heterocycles. The van der Waals surface area contributed by atoms with E-state index in [4.69, 9.17) is 16.6 Å². The van der Waals surface area contributed by atoms with Gasteiger partial charge in [-0.25, -0.2) is 9.97 Å². The molecule has 0 bridgehead atoms. The highest BCUT2D eigenvalue weighted by atomic mass is 35.5. The molecule has 1 amide bonds. The van der Waals surface area contributed by atoms with Gasteiger partial charge in [-0.05, 0) is 44.4 Å². The molecule has 8 nitrogen and oxygen atoms in total. The van der Waals surface area contributed by atoms with Gasteiger partial charge < -0.3 is 9.80 Å². The van der Waals surface area contributed by atoms with Crippen molar-refractivity contribution in [3.63, 3.8) is 0 Å². The zero-order valence-electron chi connectivity index (χ0n) is 17.8. The topological polar surface area (TPSA) is 92.5 Å². The lowest BCUT2D eigenvalue weighted by molar-refractivity contribution is -0.384. The molecule has 1 aliphatic carbocycles. The second-order valence-corrected chi connectivity index (χ2v) is 9.78. The fourth-order valence-electron chi connectivity index (χ4n) is 4.29. The van der Waals surface area contributed by atoms with E-state index in [9.17, 15) is 14.9 Å². The molecule has 0 spiro atoms. The van der Waals surface area contributed by atoms with Gasteiger partial charge in [0, 0.05) is 48.6 Å². The number of halogens is 1. The number of piperazine rings is 1. The number of carbonyl (C=O) groups excluding carboxylic acids is 1. The summed E-state index contributed by atoms with van der Waals surface area (Å²) < 4.78 is 0. The summed E-state index contributed by atoms with van der Waals surface area (Å²) in [4.78, 5) is 39.1. The molecule has 166 valence electrons. The Morgan fingerprint density at radius 3 is 2.56 bits per heavy atom. The maximum Gasteiger partial charge on any atom is 0.294 e. The molecule has 1 aliphatic heterocycles. The Balaban J connectivity index is 1.36. The highest BCUT2D eigenvalue weighted by Gasteiger charge is 2.31. The minimum atomic E-state index is -0.418. The maximum atomic E-state index is 13.3. The quantitative estimate of drug-likeness (QED) is 0.404. The minimum Gasteiger partial charge on any atom is -0.362 e. The first-order valence-electron chi connectivity index (χ1n) is 10.6. The Morgan fingerprint density at radius 1 is 1.19 bits per heavy atom. The van der Waals surface area contributed by atoms with Crippen molar-refractivity contribution in [1.29, 1.82) is 0 Å². The molecule has 2 aliphatic rings. The number of nitro benzene ring substituents is 1. The highest BCUT2D eigenvalue weighted by molar-refractivity contribution is 7.20. The lowest BCUT2D eigenvalue weighted by atomic mass is 10.1. The van der Waals surface area contributed by atoms with Crippen molar-refractivity contribution in [1.82, 2.24) is 14.9 Å². The molecule has 0 atom stereocenters. The van der Waals surface area contributed by atoms with Crippen LogP contribution in [0, 0.1) is 24.0 Å². The fraction of sp³-hybridized carbons (Fsp3) is 0.409. The zero-order chi connectivity index (χ0) is 22.6. The molecule has 0 radical (unpaired) electrons. The number of amides is 1. The number of hydrogen-bond acceptors (Lipinski definition) is 7. The van der Waals surface area contributed by atoms with Crippen molar-refractivity contribution in [2.75, 3.05) is 31.1 Å². The summed E-state index contributed by atoms with van der Waals surface area (Å²) in [5.41, 5.74) is 2.39. The molecule has 1 saturated heterocycles. The van der Waals surface area contributed by atoms with Crippen LogP contribution in [0.25, 0.3) is 10.2 Å². The lowest BCUT2D eigenvalue weighted by Crippen LogP contribution is -2.48. The van der Waals surface area contributed by atoms with Gasteiger partial charge in [0.1, 0.15) is 16.3 Å². The normalized spacial score (nSPS) is 16.6. The van der Waals surface area contributed by atoms with E-state index in [1.54, 1.807) is 12.1 Å². The van der Waals surface area contributed by atoms with Crippen LogP contribution in [-0.2, 0) is 0 Å². The number of rotatable bonds is 4. The van der Waals surface area contributed by atoms with E-state index in [0.29, 0.717) is 47.7 Å². The van der Waals surface area contributed by atoms with E-state index in [-0.39, 0.29) is 11.6 Å². The molecule has 1 saturated carbocycles. The van der Waals surface area contributed by atoms with Gasteiger partial charge in [0.15, 0.2) is 0 Å². The van der Waals surface area contributed by atoms with Crippen LogP contribution in [0.15, 0.2) is 18.2 Å². The van der Waals surface area contributed by atoms with E-state index in [2.05, 4.69) is 4.98 Å². The molecule has 2 fully saturated rings. The lowest BCUT2D eigenvalue weighted by Gasteiger charge is -2.35. The fourth-order valence-corrected chi connectivity index (χ4v) is 5.67. The maximum absolute atomic E-state index is 13.3. The summed E-state index contributed by atoms with van der Waals surface area (Å²) in [6.07, 6.45) is 2.27. The second kappa shape index (κ2) is 7.97. The van der Waals surface area contributed by atoms with Crippen molar-refractivity contribution >= 4 is 50.4 Å². The molecular weight excluding hydrogens is 450 g/mol. The number of nitrogens with zero attached hydrogens (tertiary/aromatic N) is 5. The van der Waals surface area contributed by atoms with Crippen LogP contribution in [0.4, 0.5) is 11.4 Å². The van der Waals surface area contributed by atoms with Gasteiger partial charge in [0.05, 0.1) is 15.5 Å². The van der Waals surface area contributed by atoms with Crippen LogP contribution in [0.1, 0.15) is 45.5 Å². The number of benzene rings is 1. The van der Waals surface area contributed by atoms with Crippen LogP contribution < -0.4 is 4.90 Å². The average Bonchev–Trinajstić information content (AvgIpc) is 3.57. The highest BCUT2D eigenvalue weighted by Crippen LogP contribution is 2.40. The van der Waals surface area contributed by atoms with Crippen LogP contribution in [0.5, 0.6) is 0 Å². The summed E-state index contributed by atoms with van der Waals surface area (Å²) >= 11 is 7.38. The Bertz CT molecular complexity index is 1250. The molecule has 32 heavy (non-hydrogen) atoms. The number of fused-ring (bicyclic) bond motifs is 1. The van der Waals surface area contributed by atoms with Crippen molar-refractivity contribution in [3.05, 3.63) is 55.3 Å². The summed E-state index contributed by atoms with van der Waals surface area (Å²) in [7, 11) is 0. The van der Waals surface area contributed by atoms with Crippen LogP contribution in [0.3, 0.4) is 0 Å². The monoisotopic (exact) mass is 471 g/mol. The number of hydrogen-bond donors (Lipinski definition) is 0. The Kier molecular flexibility index (Phi) is 5.25. The third kappa shape index (κ3) is 3.69. The number of aryl methyl sites for hydroxylation is 2. The molecule has 0 unspecified atom stereocenters. The van der Waals surface area contributed by atoms with Gasteiger partial charge in [-0.3, -0.25) is 14.9 Å². The van der Waals surface area contributed by atoms with Crippen molar-refractivity contribution < 1.29 is 9.72 Å². The molecule has 10 heteroatoms. The summed E-state index contributed by atoms with van der Waals surface area (Å²) in [5.74, 6) is 1.35. The molecule has 2 aromatic heterocycles. The standard InChI is InChI=1S/C22H22ClN5O3S/c1-12-18-13(2)24-20(14-3-4-14)25-21(18)32-19(12)22(29)27-9-7-26(8-10-27)16-6-5-15(23)11-17(16)28(30)31/h5-6,11,14H,3-4,7-10H2,1-2H3. The van der Waals surface area contributed by atoms with Crippen molar-refractivity contribution in [3.8, 4) is 0 Å². The first-order valence-corrected chi connectivity index (χ1v) is 11.8. The summed E-state index contributed by atoms with van der Waals surface area (Å²) in [6, 6.07) is 4.70. The van der Waals surface area contributed by atoms with Gasteiger partial charge in [-0.2, -0.15) is 0 Å². The molecular formula is C22H22ClN5O3S. The minimum absolute atomic E-state index is 0.0110. The Morgan fingerprint density at radius 2 is 1.91 bits per heavy atom. The summed E-state index contributed by atoms with van der Waals surface area (Å²) in [5, 5.41) is 12.8. The van der Waals surface area contributed by atoms with Gasteiger partial charge in [-0.15, -0.1) is 11.3 Å². The molecule has 5 rings (SSSR count). The van der Waals surface area contributed by atoms with Gasteiger partial charge in [0.25, 0.3) is 11.6 Å². The van der Waals surface area contributed by atoms with Crippen LogP contribution in [-0.4, -0.2) is 51.9 Å². The summed E-state index contributed by atoms with van der Waals surface area (Å²) in [6.45, 7) is 5.97. The number of thiophene rings is 1. The van der Waals surface area contributed by atoms with Crippen molar-refractivity contribution in [2.24, 2.45) is 0 Å². The van der Waals surface area contributed by atoms with E-state index < -0.39 is 4.92 Å². The number of aromatic nitrogens is 2. The predicted molar refractivity (Wildman–Crippen MR) is 125 cm³/mol. The average molecular weight is 472 g/mol. The van der Waals surface area contributed by atoms with Gasteiger partial charge >= 0.3 is 0 Å². The third-order valence-corrected chi connectivity index (χ3v) is 7.58. The van der Waals surface area contributed by atoms with E-state index in [0.717, 1.165) is 40.1 Å². The van der Waals surface area contributed by atoms with Gasteiger partial charge in [-0.1, -0.05) is 11.6 Å². The van der Waals surface area contributed by atoms with Gasteiger partial charge in [0.2, 0.25) is 0 Å². The number of carbonyl (C=O) groups is 1. The van der Waals surface area contributed by atoms with E-state index in [1.807, 2.05) is 23.6 Å². The Labute approximate surface area is 194 Å². The smallest absolute Gasteiger partial charge is 0.294 e. The first-order chi connectivity index (χ1) is 15.3. The second-order valence-electron chi connectivity index (χ2n) is 8.35.